The van der Waals surface area contributed by atoms with E-state index in [1.807, 2.05) is 11.0 Å². The van der Waals surface area contributed by atoms with Gasteiger partial charge in [-0.2, -0.15) is 5.26 Å². The maximum atomic E-state index is 14.3. The van der Waals surface area contributed by atoms with Gasteiger partial charge in [-0.15, -0.1) is 0 Å². The predicted molar refractivity (Wildman–Crippen MR) is 88.7 cm³/mol. The van der Waals surface area contributed by atoms with Gasteiger partial charge in [0.25, 0.3) is 0 Å². The Kier molecular flexibility index (Phi) is 4.76. The molecule has 1 aromatic heterocycles. The second-order valence-corrected chi connectivity index (χ2v) is 6.10. The monoisotopic (exact) mass is 345 g/mol. The average Bonchev–Trinajstić information content (AvgIpc) is 2.55. The molecule has 0 atom stereocenters. The minimum absolute atomic E-state index is 0.00581. The van der Waals surface area contributed by atoms with Gasteiger partial charge in [0.05, 0.1) is 28.7 Å². The molecule has 1 saturated heterocycles. The van der Waals surface area contributed by atoms with Gasteiger partial charge in [0.2, 0.25) is 5.91 Å². The molecule has 1 aliphatic heterocycles. The van der Waals surface area contributed by atoms with E-state index in [4.69, 9.17) is 5.73 Å². The molecule has 0 spiro atoms. The van der Waals surface area contributed by atoms with Gasteiger partial charge in [-0.05, 0) is 12.8 Å². The Morgan fingerprint density at radius 2 is 2.12 bits per heavy atom. The number of rotatable bonds is 4. The Hall–Kier alpha value is -2.79. The highest BCUT2D eigenvalue weighted by molar-refractivity contribution is 5.94. The average molecular weight is 345 g/mol. The van der Waals surface area contributed by atoms with E-state index in [0.29, 0.717) is 31.6 Å². The van der Waals surface area contributed by atoms with Crippen molar-refractivity contribution in [2.24, 2.45) is 5.73 Å². The minimum atomic E-state index is -0.756. The van der Waals surface area contributed by atoms with Crippen LogP contribution in [0.15, 0.2) is 18.3 Å². The molecule has 2 aromatic rings. The summed E-state index contributed by atoms with van der Waals surface area (Å²) in [6, 6.07) is 3.93. The number of nitrogens with zero attached hydrogens (tertiary/aromatic N) is 3. The molecule has 0 aliphatic carbocycles. The molecule has 2 heterocycles. The molecule has 130 valence electrons. The number of aromatic nitrogens is 1. The summed E-state index contributed by atoms with van der Waals surface area (Å²) in [4.78, 5) is 16.9. The lowest BCUT2D eigenvalue weighted by molar-refractivity contribution is -0.119. The molecule has 0 bridgehead atoms. The number of amides is 1. The number of benzene rings is 1. The molecule has 1 amide bonds. The molecule has 1 aromatic carbocycles. The van der Waals surface area contributed by atoms with Crippen LogP contribution in [-0.2, 0) is 4.79 Å². The molecule has 0 unspecified atom stereocenters. The van der Waals surface area contributed by atoms with Gasteiger partial charge in [0.1, 0.15) is 17.7 Å². The van der Waals surface area contributed by atoms with E-state index in [0.717, 1.165) is 12.1 Å². The Bertz CT molecular complexity index is 856. The highest BCUT2D eigenvalue weighted by atomic mass is 19.1. The molecular weight excluding hydrogens is 328 g/mol. The fourth-order valence-electron chi connectivity index (χ4n) is 3.14. The number of hydrogen-bond acceptors (Lipinski definition) is 5. The van der Waals surface area contributed by atoms with Crippen molar-refractivity contribution in [3.05, 3.63) is 35.5 Å². The van der Waals surface area contributed by atoms with E-state index in [9.17, 15) is 18.8 Å². The Morgan fingerprint density at radius 3 is 2.76 bits per heavy atom. The van der Waals surface area contributed by atoms with E-state index in [1.165, 1.54) is 6.20 Å². The summed E-state index contributed by atoms with van der Waals surface area (Å²) in [6.07, 6.45) is 2.74. The van der Waals surface area contributed by atoms with Gasteiger partial charge in [-0.3, -0.25) is 14.7 Å². The first-order valence-corrected chi connectivity index (χ1v) is 7.93. The van der Waals surface area contributed by atoms with Crippen molar-refractivity contribution in [1.29, 1.82) is 5.26 Å². The number of piperidine rings is 1. The van der Waals surface area contributed by atoms with Crippen LogP contribution in [0.3, 0.4) is 0 Å². The highest BCUT2D eigenvalue weighted by Crippen LogP contribution is 2.30. The third-order valence-electron chi connectivity index (χ3n) is 4.32. The fourth-order valence-corrected chi connectivity index (χ4v) is 3.14. The van der Waals surface area contributed by atoms with Gasteiger partial charge in [-0.25, -0.2) is 8.78 Å². The van der Waals surface area contributed by atoms with Crippen molar-refractivity contribution >= 4 is 22.5 Å². The normalized spacial score (nSPS) is 15.9. The van der Waals surface area contributed by atoms with Gasteiger partial charge >= 0.3 is 0 Å². The predicted octanol–water partition coefficient (Wildman–Crippen LogP) is 1.75. The van der Waals surface area contributed by atoms with Crippen molar-refractivity contribution in [1.82, 2.24) is 9.88 Å². The third kappa shape index (κ3) is 3.67. The number of hydrogen-bond donors (Lipinski definition) is 2. The number of primary amides is 1. The van der Waals surface area contributed by atoms with E-state index in [1.54, 1.807) is 0 Å². The highest BCUT2D eigenvalue weighted by Gasteiger charge is 2.23. The zero-order valence-corrected chi connectivity index (χ0v) is 13.4. The lowest BCUT2D eigenvalue weighted by atomic mass is 10.0. The Labute approximate surface area is 143 Å². The number of pyridine rings is 1. The van der Waals surface area contributed by atoms with Crippen molar-refractivity contribution in [3.8, 4) is 6.07 Å². The summed E-state index contributed by atoms with van der Waals surface area (Å²) in [5, 5.41) is 12.6. The van der Waals surface area contributed by atoms with E-state index in [-0.39, 0.29) is 35.0 Å². The van der Waals surface area contributed by atoms with E-state index < -0.39 is 11.6 Å². The summed E-state index contributed by atoms with van der Waals surface area (Å²) in [6.45, 7) is 1.55. The molecular formula is C17H17F2N5O. The van der Waals surface area contributed by atoms with Gasteiger partial charge < -0.3 is 11.1 Å². The largest absolute Gasteiger partial charge is 0.380 e. The lowest BCUT2D eigenvalue weighted by Crippen LogP contribution is -2.43. The second-order valence-electron chi connectivity index (χ2n) is 6.10. The van der Waals surface area contributed by atoms with Crippen LogP contribution in [-0.4, -0.2) is 41.5 Å². The van der Waals surface area contributed by atoms with Gasteiger partial charge in [0.15, 0.2) is 0 Å². The zero-order chi connectivity index (χ0) is 18.0. The molecule has 0 saturated carbocycles. The second kappa shape index (κ2) is 6.99. The molecule has 1 fully saturated rings. The summed E-state index contributed by atoms with van der Waals surface area (Å²) in [7, 11) is 0. The van der Waals surface area contributed by atoms with Crippen molar-refractivity contribution < 1.29 is 13.6 Å². The number of nitrogens with two attached hydrogens (primary N) is 1. The number of fused-ring (bicyclic) bond motifs is 1. The first-order valence-electron chi connectivity index (χ1n) is 7.93. The van der Waals surface area contributed by atoms with Crippen LogP contribution in [0.4, 0.5) is 14.5 Å². The summed E-state index contributed by atoms with van der Waals surface area (Å²) in [5.41, 5.74) is 5.89. The minimum Gasteiger partial charge on any atom is -0.380 e. The smallest absolute Gasteiger partial charge is 0.231 e. The molecule has 8 heteroatoms. The number of nitrogens with one attached hydrogen (secondary N) is 1. The Morgan fingerprint density at radius 1 is 1.40 bits per heavy atom. The molecule has 1 aliphatic rings. The first kappa shape index (κ1) is 17.0. The lowest BCUT2D eigenvalue weighted by Gasteiger charge is -2.32. The van der Waals surface area contributed by atoms with Crippen molar-refractivity contribution in [2.75, 3.05) is 25.0 Å². The SMILES string of the molecule is N#Cc1cnc2cc(F)cc(F)c2c1NC1CCN(CC(N)=O)CC1. The van der Waals surface area contributed by atoms with Crippen LogP contribution in [0.25, 0.3) is 10.9 Å². The van der Waals surface area contributed by atoms with Gasteiger partial charge in [0, 0.05) is 37.5 Å². The number of likely N-dealkylation sites (tertiary alicyclic amines) is 1. The topological polar surface area (TPSA) is 95.0 Å². The molecule has 25 heavy (non-hydrogen) atoms. The van der Waals surface area contributed by atoms with Crippen molar-refractivity contribution in [2.45, 2.75) is 18.9 Å². The first-order chi connectivity index (χ1) is 12.0. The standard InChI is InChI=1S/C17H17F2N5O/c18-11-5-13(19)16-14(6-11)22-8-10(7-20)17(16)23-12-1-3-24(4-2-12)9-15(21)25/h5-6,8,12H,1-4,9H2,(H2,21,25)(H,22,23). The van der Waals surface area contributed by atoms with E-state index >= 15 is 0 Å². The van der Waals surface area contributed by atoms with Crippen LogP contribution in [0.5, 0.6) is 0 Å². The number of carbonyl (C=O) groups is 1. The Balaban J connectivity index is 1.86. The maximum Gasteiger partial charge on any atom is 0.231 e. The zero-order valence-electron chi connectivity index (χ0n) is 13.4. The quantitative estimate of drug-likeness (QED) is 0.880. The number of nitriles is 1. The maximum absolute atomic E-state index is 14.3. The van der Waals surface area contributed by atoms with Crippen LogP contribution in [0, 0.1) is 23.0 Å². The molecule has 6 nitrogen and oxygen atoms in total. The van der Waals surface area contributed by atoms with Gasteiger partial charge in [-0.1, -0.05) is 0 Å². The van der Waals surface area contributed by atoms with E-state index in [2.05, 4.69) is 10.3 Å². The number of halogens is 2. The van der Waals surface area contributed by atoms with Crippen LogP contribution in [0.1, 0.15) is 18.4 Å². The fraction of sp³-hybridized carbons (Fsp3) is 0.353. The molecule has 3 N–H and O–H groups in total. The summed E-state index contributed by atoms with van der Waals surface area (Å²) >= 11 is 0. The summed E-state index contributed by atoms with van der Waals surface area (Å²) in [5.74, 6) is -1.84. The number of anilines is 1. The molecule has 3 rings (SSSR count). The van der Waals surface area contributed by atoms with Crippen molar-refractivity contribution in [3.63, 3.8) is 0 Å². The van der Waals surface area contributed by atoms with Crippen LogP contribution < -0.4 is 11.1 Å². The van der Waals surface area contributed by atoms with Crippen LogP contribution >= 0.6 is 0 Å². The third-order valence-corrected chi connectivity index (χ3v) is 4.32. The van der Waals surface area contributed by atoms with Crippen LogP contribution in [0.2, 0.25) is 0 Å². The molecule has 0 radical (unpaired) electrons. The summed E-state index contributed by atoms with van der Waals surface area (Å²) < 4.78 is 27.7. The number of carbonyl (C=O) groups excluding carboxylic acids is 1.